The van der Waals surface area contributed by atoms with Crippen molar-refractivity contribution in [2.75, 3.05) is 26.8 Å². The molecule has 16 heavy (non-hydrogen) atoms. The second-order valence-corrected chi connectivity index (χ2v) is 4.66. The van der Waals surface area contributed by atoms with Gasteiger partial charge in [-0.3, -0.25) is 0 Å². The molecule has 0 amide bonds. The highest BCUT2D eigenvalue weighted by molar-refractivity contribution is 6.30. The zero-order valence-electron chi connectivity index (χ0n) is 9.22. The van der Waals surface area contributed by atoms with Gasteiger partial charge in [-0.2, -0.15) is 0 Å². The third-order valence-corrected chi connectivity index (χ3v) is 3.43. The van der Waals surface area contributed by atoms with E-state index in [2.05, 4.69) is 5.32 Å². The van der Waals surface area contributed by atoms with Crippen LogP contribution in [0, 0.1) is 5.82 Å². The first-order valence-electron chi connectivity index (χ1n) is 5.36. The molecule has 1 saturated heterocycles. The SMILES string of the molecule is CNCCC1(c2ccc(F)c(Cl)c2)COC1. The fourth-order valence-corrected chi connectivity index (χ4v) is 2.17. The summed E-state index contributed by atoms with van der Waals surface area (Å²) in [6, 6.07) is 4.95. The lowest BCUT2D eigenvalue weighted by Crippen LogP contribution is -2.48. The van der Waals surface area contributed by atoms with Crippen molar-refractivity contribution in [2.45, 2.75) is 11.8 Å². The maximum atomic E-state index is 13.1. The molecule has 88 valence electrons. The Balaban J connectivity index is 2.22. The van der Waals surface area contributed by atoms with Crippen LogP contribution in [0.5, 0.6) is 0 Å². The Bertz CT molecular complexity index is 379. The minimum Gasteiger partial charge on any atom is -0.379 e. The molecule has 1 aromatic rings. The van der Waals surface area contributed by atoms with Gasteiger partial charge in [0.05, 0.1) is 18.2 Å². The summed E-state index contributed by atoms with van der Waals surface area (Å²) in [7, 11) is 1.92. The van der Waals surface area contributed by atoms with Gasteiger partial charge < -0.3 is 10.1 Å². The van der Waals surface area contributed by atoms with Gasteiger partial charge in [0.25, 0.3) is 0 Å². The number of ether oxygens (including phenoxy) is 1. The molecule has 2 rings (SSSR count). The second kappa shape index (κ2) is 4.70. The molecule has 0 aromatic heterocycles. The van der Waals surface area contributed by atoms with Gasteiger partial charge in [-0.25, -0.2) is 4.39 Å². The van der Waals surface area contributed by atoms with Crippen molar-refractivity contribution >= 4 is 11.6 Å². The van der Waals surface area contributed by atoms with Crippen LogP contribution in [-0.2, 0) is 10.2 Å². The van der Waals surface area contributed by atoms with E-state index in [1.54, 1.807) is 12.1 Å². The fraction of sp³-hybridized carbons (Fsp3) is 0.500. The molecule has 0 saturated carbocycles. The Morgan fingerprint density at radius 1 is 1.50 bits per heavy atom. The summed E-state index contributed by atoms with van der Waals surface area (Å²) in [5.41, 5.74) is 1.08. The lowest BCUT2D eigenvalue weighted by Gasteiger charge is -2.42. The summed E-state index contributed by atoms with van der Waals surface area (Å²) >= 11 is 5.80. The Hall–Kier alpha value is -0.640. The van der Waals surface area contributed by atoms with E-state index in [4.69, 9.17) is 16.3 Å². The van der Waals surface area contributed by atoms with Gasteiger partial charge in [0.15, 0.2) is 0 Å². The molecule has 1 heterocycles. The van der Waals surface area contributed by atoms with Gasteiger partial charge in [0.2, 0.25) is 0 Å². The molecule has 1 aliphatic heterocycles. The van der Waals surface area contributed by atoms with E-state index in [0.717, 1.165) is 18.5 Å². The highest BCUT2D eigenvalue weighted by Crippen LogP contribution is 2.36. The van der Waals surface area contributed by atoms with Crippen molar-refractivity contribution in [3.8, 4) is 0 Å². The number of nitrogens with one attached hydrogen (secondary N) is 1. The molecule has 4 heteroatoms. The van der Waals surface area contributed by atoms with Crippen LogP contribution in [0.4, 0.5) is 4.39 Å². The monoisotopic (exact) mass is 243 g/mol. The number of rotatable bonds is 4. The van der Waals surface area contributed by atoms with E-state index in [1.807, 2.05) is 7.05 Å². The molecule has 0 radical (unpaired) electrons. The number of hydrogen-bond acceptors (Lipinski definition) is 2. The number of benzene rings is 1. The van der Waals surface area contributed by atoms with Crippen LogP contribution in [0.25, 0.3) is 0 Å². The first kappa shape index (κ1) is 11.8. The van der Waals surface area contributed by atoms with Crippen molar-refractivity contribution in [3.05, 3.63) is 34.6 Å². The predicted octanol–water partition coefficient (Wildman–Crippen LogP) is 2.36. The zero-order chi connectivity index (χ0) is 11.6. The molecule has 1 fully saturated rings. The van der Waals surface area contributed by atoms with Gasteiger partial charge >= 0.3 is 0 Å². The molecular formula is C12H15ClFNO. The molecule has 1 aliphatic rings. The van der Waals surface area contributed by atoms with E-state index >= 15 is 0 Å². The lowest BCUT2D eigenvalue weighted by atomic mass is 9.76. The fourth-order valence-electron chi connectivity index (χ4n) is 1.99. The van der Waals surface area contributed by atoms with E-state index in [1.165, 1.54) is 6.07 Å². The quantitative estimate of drug-likeness (QED) is 0.877. The van der Waals surface area contributed by atoms with E-state index < -0.39 is 0 Å². The van der Waals surface area contributed by atoms with Gasteiger partial charge in [0.1, 0.15) is 5.82 Å². The molecule has 1 N–H and O–H groups in total. The average Bonchev–Trinajstić information content (AvgIpc) is 2.22. The Morgan fingerprint density at radius 3 is 2.75 bits per heavy atom. The maximum absolute atomic E-state index is 13.1. The van der Waals surface area contributed by atoms with Gasteiger partial charge in [-0.1, -0.05) is 17.7 Å². The summed E-state index contributed by atoms with van der Waals surface area (Å²) in [6.45, 7) is 2.30. The topological polar surface area (TPSA) is 21.3 Å². The second-order valence-electron chi connectivity index (χ2n) is 4.26. The predicted molar refractivity (Wildman–Crippen MR) is 62.5 cm³/mol. The summed E-state index contributed by atoms with van der Waals surface area (Å²) in [5, 5.41) is 3.31. The van der Waals surface area contributed by atoms with Gasteiger partial charge in [0, 0.05) is 5.41 Å². The normalized spacial score (nSPS) is 18.2. The third kappa shape index (κ3) is 2.08. The van der Waals surface area contributed by atoms with Crippen molar-refractivity contribution in [3.63, 3.8) is 0 Å². The third-order valence-electron chi connectivity index (χ3n) is 3.14. The van der Waals surface area contributed by atoms with E-state index in [0.29, 0.717) is 13.2 Å². The summed E-state index contributed by atoms with van der Waals surface area (Å²) in [6.07, 6.45) is 0.978. The summed E-state index contributed by atoms with van der Waals surface area (Å²) < 4.78 is 18.4. The van der Waals surface area contributed by atoms with Crippen molar-refractivity contribution in [1.29, 1.82) is 0 Å². The van der Waals surface area contributed by atoms with E-state index in [-0.39, 0.29) is 16.3 Å². The zero-order valence-corrected chi connectivity index (χ0v) is 9.98. The minimum absolute atomic E-state index is 0.0142. The Morgan fingerprint density at radius 2 is 2.25 bits per heavy atom. The molecule has 0 spiro atoms. The van der Waals surface area contributed by atoms with Crippen LogP contribution in [-0.4, -0.2) is 26.8 Å². The first-order chi connectivity index (χ1) is 7.68. The Kier molecular flexibility index (Phi) is 3.47. The molecule has 0 bridgehead atoms. The maximum Gasteiger partial charge on any atom is 0.141 e. The highest BCUT2D eigenvalue weighted by atomic mass is 35.5. The average molecular weight is 244 g/mol. The van der Waals surface area contributed by atoms with Gasteiger partial charge in [-0.15, -0.1) is 0 Å². The van der Waals surface area contributed by atoms with Crippen molar-refractivity contribution in [2.24, 2.45) is 0 Å². The van der Waals surface area contributed by atoms with Crippen LogP contribution >= 0.6 is 11.6 Å². The highest BCUT2D eigenvalue weighted by Gasteiger charge is 2.39. The largest absolute Gasteiger partial charge is 0.379 e. The van der Waals surface area contributed by atoms with Crippen LogP contribution in [0.3, 0.4) is 0 Å². The molecule has 0 aliphatic carbocycles. The molecular weight excluding hydrogens is 229 g/mol. The Labute approximate surface area is 99.7 Å². The van der Waals surface area contributed by atoms with Crippen molar-refractivity contribution < 1.29 is 9.13 Å². The van der Waals surface area contributed by atoms with Crippen LogP contribution in [0.15, 0.2) is 18.2 Å². The summed E-state index contributed by atoms with van der Waals surface area (Å²) in [5.74, 6) is -0.366. The van der Waals surface area contributed by atoms with Crippen LogP contribution < -0.4 is 5.32 Å². The standard InChI is InChI=1S/C12H15ClFNO/c1-15-5-4-12(7-16-8-12)9-2-3-11(14)10(13)6-9/h2-3,6,15H,4-5,7-8H2,1H3. The molecule has 0 unspecified atom stereocenters. The number of halogens is 2. The van der Waals surface area contributed by atoms with Crippen molar-refractivity contribution in [1.82, 2.24) is 5.32 Å². The first-order valence-corrected chi connectivity index (χ1v) is 5.74. The molecule has 0 atom stereocenters. The molecule has 2 nitrogen and oxygen atoms in total. The lowest BCUT2D eigenvalue weighted by molar-refractivity contribution is -0.0638. The van der Waals surface area contributed by atoms with Gasteiger partial charge in [-0.05, 0) is 37.7 Å². The van der Waals surface area contributed by atoms with E-state index in [9.17, 15) is 4.39 Å². The van der Waals surface area contributed by atoms with Crippen LogP contribution in [0.2, 0.25) is 5.02 Å². The molecule has 1 aromatic carbocycles. The smallest absolute Gasteiger partial charge is 0.141 e. The van der Waals surface area contributed by atoms with Crippen LogP contribution in [0.1, 0.15) is 12.0 Å². The number of hydrogen-bond donors (Lipinski definition) is 1. The minimum atomic E-state index is -0.366. The summed E-state index contributed by atoms with van der Waals surface area (Å²) in [4.78, 5) is 0.